The van der Waals surface area contributed by atoms with Crippen LogP contribution in [0.3, 0.4) is 0 Å². The van der Waals surface area contributed by atoms with Crippen LogP contribution in [-0.2, 0) is 4.79 Å². The average molecular weight is 195 g/mol. The smallest absolute Gasteiger partial charge is 0.226 e. The molecule has 0 aliphatic carbocycles. The predicted octanol–water partition coefficient (Wildman–Crippen LogP) is 2.95. The van der Waals surface area contributed by atoms with E-state index in [1.807, 2.05) is 11.9 Å². The maximum Gasteiger partial charge on any atom is 0.226 e. The fraction of sp³-hybridized carbons (Fsp3) is 0.750. The molecule has 2 nitrogen and oxygen atoms in total. The van der Waals surface area contributed by atoms with E-state index in [1.165, 1.54) is 17.7 Å². The molecular weight excluding hydrogens is 174 g/mol. The highest BCUT2D eigenvalue weighted by Crippen LogP contribution is 2.29. The number of hydrogen-bond acceptors (Lipinski definition) is 1. The summed E-state index contributed by atoms with van der Waals surface area (Å²) in [6.45, 7) is 6.51. The minimum absolute atomic E-state index is 0.264. The molecule has 0 aromatic carbocycles. The van der Waals surface area contributed by atoms with Crippen molar-refractivity contribution in [1.82, 2.24) is 4.90 Å². The summed E-state index contributed by atoms with van der Waals surface area (Å²) in [7, 11) is 1.89. The van der Waals surface area contributed by atoms with Crippen molar-refractivity contribution < 1.29 is 4.79 Å². The third-order valence-electron chi connectivity index (χ3n) is 3.25. The molecule has 0 aromatic rings. The number of hydrogen-bond donors (Lipinski definition) is 0. The van der Waals surface area contributed by atoms with Gasteiger partial charge in [-0.1, -0.05) is 20.3 Å². The van der Waals surface area contributed by atoms with Crippen molar-refractivity contribution in [2.45, 2.75) is 46.5 Å². The molecule has 14 heavy (non-hydrogen) atoms. The molecular formula is C12H21NO. The zero-order valence-electron chi connectivity index (χ0n) is 9.76. The number of nitrogens with zero attached hydrogens (tertiary/aromatic N) is 1. The van der Waals surface area contributed by atoms with Crippen LogP contribution >= 0.6 is 0 Å². The van der Waals surface area contributed by atoms with Crippen LogP contribution in [0.4, 0.5) is 0 Å². The molecule has 1 atom stereocenters. The predicted molar refractivity (Wildman–Crippen MR) is 58.8 cm³/mol. The van der Waals surface area contributed by atoms with Crippen LogP contribution < -0.4 is 0 Å². The monoisotopic (exact) mass is 195 g/mol. The summed E-state index contributed by atoms with van der Waals surface area (Å²) in [6, 6.07) is 0. The summed E-state index contributed by atoms with van der Waals surface area (Å²) < 4.78 is 0. The highest BCUT2D eigenvalue weighted by atomic mass is 16.2. The van der Waals surface area contributed by atoms with Crippen molar-refractivity contribution in [1.29, 1.82) is 0 Å². The first-order valence-corrected chi connectivity index (χ1v) is 5.54. The van der Waals surface area contributed by atoms with Crippen LogP contribution in [0, 0.1) is 5.92 Å². The van der Waals surface area contributed by atoms with E-state index >= 15 is 0 Å². The van der Waals surface area contributed by atoms with Gasteiger partial charge in [-0.25, -0.2) is 0 Å². The van der Waals surface area contributed by atoms with Gasteiger partial charge < -0.3 is 4.90 Å². The van der Waals surface area contributed by atoms with E-state index in [1.54, 1.807) is 0 Å². The van der Waals surface area contributed by atoms with Crippen molar-refractivity contribution in [2.75, 3.05) is 7.05 Å². The molecule has 0 saturated heterocycles. The number of carbonyl (C=O) groups excluding carboxylic acids is 1. The lowest BCUT2D eigenvalue weighted by Gasteiger charge is -2.20. The Bertz CT molecular complexity index is 255. The molecule has 1 rings (SSSR count). The second-order valence-corrected chi connectivity index (χ2v) is 4.25. The Morgan fingerprint density at radius 1 is 1.50 bits per heavy atom. The fourth-order valence-corrected chi connectivity index (χ4v) is 2.14. The Hall–Kier alpha value is -0.790. The second-order valence-electron chi connectivity index (χ2n) is 4.25. The molecule has 0 fully saturated rings. The number of carbonyl (C=O) groups is 1. The Morgan fingerprint density at radius 3 is 2.71 bits per heavy atom. The molecule has 1 amide bonds. The van der Waals surface area contributed by atoms with E-state index < -0.39 is 0 Å². The van der Waals surface area contributed by atoms with E-state index in [-0.39, 0.29) is 5.91 Å². The maximum absolute atomic E-state index is 11.6. The van der Waals surface area contributed by atoms with Crippen LogP contribution in [0.5, 0.6) is 0 Å². The fourth-order valence-electron chi connectivity index (χ4n) is 2.14. The second kappa shape index (κ2) is 4.63. The first-order valence-electron chi connectivity index (χ1n) is 5.54. The largest absolute Gasteiger partial charge is 0.320 e. The van der Waals surface area contributed by atoms with E-state index in [4.69, 9.17) is 0 Å². The van der Waals surface area contributed by atoms with Gasteiger partial charge in [0.15, 0.2) is 0 Å². The summed E-state index contributed by atoms with van der Waals surface area (Å²) in [4.78, 5) is 13.4. The van der Waals surface area contributed by atoms with Gasteiger partial charge in [0.05, 0.1) is 0 Å². The topological polar surface area (TPSA) is 20.3 Å². The Balaban J connectivity index is 2.96. The van der Waals surface area contributed by atoms with Gasteiger partial charge in [0.2, 0.25) is 5.91 Å². The zero-order chi connectivity index (χ0) is 10.7. The molecule has 0 radical (unpaired) electrons. The van der Waals surface area contributed by atoms with Gasteiger partial charge in [-0.15, -0.1) is 0 Å². The van der Waals surface area contributed by atoms with Gasteiger partial charge in [0.25, 0.3) is 0 Å². The van der Waals surface area contributed by atoms with Gasteiger partial charge in [0, 0.05) is 19.2 Å². The van der Waals surface area contributed by atoms with Crippen LogP contribution in [0.2, 0.25) is 0 Å². The molecule has 0 N–H and O–H groups in total. The van der Waals surface area contributed by atoms with Gasteiger partial charge in [-0.05, 0) is 31.3 Å². The van der Waals surface area contributed by atoms with E-state index in [0.29, 0.717) is 12.3 Å². The van der Waals surface area contributed by atoms with Crippen molar-refractivity contribution >= 4 is 5.91 Å². The lowest BCUT2D eigenvalue weighted by molar-refractivity contribution is -0.128. The average Bonchev–Trinajstić information content (AvgIpc) is 2.25. The van der Waals surface area contributed by atoms with E-state index in [0.717, 1.165) is 12.8 Å². The molecule has 0 unspecified atom stereocenters. The summed E-state index contributed by atoms with van der Waals surface area (Å²) in [5.41, 5.74) is 2.66. The third kappa shape index (κ3) is 2.17. The molecule has 0 bridgehead atoms. The Labute approximate surface area is 87.0 Å². The summed E-state index contributed by atoms with van der Waals surface area (Å²) in [5.74, 6) is 0.837. The summed E-state index contributed by atoms with van der Waals surface area (Å²) in [6.07, 6.45) is 4.00. The van der Waals surface area contributed by atoms with Gasteiger partial charge in [-0.3, -0.25) is 4.79 Å². The quantitative estimate of drug-likeness (QED) is 0.663. The number of rotatable bonds is 2. The SMILES string of the molecule is CCCC1=C(C)N(C)C(=O)CC[C@H]1C. The first-order chi connectivity index (χ1) is 6.57. The lowest BCUT2D eigenvalue weighted by Crippen LogP contribution is -2.23. The van der Waals surface area contributed by atoms with Crippen LogP contribution in [0.15, 0.2) is 11.3 Å². The van der Waals surface area contributed by atoms with Crippen molar-refractivity contribution in [3.63, 3.8) is 0 Å². The molecule has 1 heterocycles. The molecule has 1 aliphatic rings. The first kappa shape index (κ1) is 11.3. The summed E-state index contributed by atoms with van der Waals surface area (Å²) >= 11 is 0. The number of amides is 1. The molecule has 2 heteroatoms. The molecule has 80 valence electrons. The molecule has 0 saturated carbocycles. The number of allylic oxidation sites excluding steroid dienone is 2. The van der Waals surface area contributed by atoms with E-state index in [2.05, 4.69) is 20.8 Å². The minimum atomic E-state index is 0.264. The maximum atomic E-state index is 11.6. The van der Waals surface area contributed by atoms with Crippen LogP contribution in [-0.4, -0.2) is 17.9 Å². The van der Waals surface area contributed by atoms with Crippen molar-refractivity contribution in [2.24, 2.45) is 5.92 Å². The molecule has 0 spiro atoms. The van der Waals surface area contributed by atoms with Crippen LogP contribution in [0.25, 0.3) is 0 Å². The lowest BCUT2D eigenvalue weighted by atomic mass is 9.92. The zero-order valence-corrected chi connectivity index (χ0v) is 9.76. The van der Waals surface area contributed by atoms with Crippen LogP contribution in [0.1, 0.15) is 46.5 Å². The van der Waals surface area contributed by atoms with E-state index in [9.17, 15) is 4.79 Å². The van der Waals surface area contributed by atoms with Gasteiger partial charge in [0.1, 0.15) is 0 Å². The van der Waals surface area contributed by atoms with Gasteiger partial charge >= 0.3 is 0 Å². The standard InChI is InChI=1S/C12H21NO/c1-5-6-11-9(2)7-8-12(14)13(4)10(11)3/h9H,5-8H2,1-4H3/t9-/m1/s1. The molecule has 1 aliphatic heterocycles. The Kier molecular flexibility index (Phi) is 3.73. The highest BCUT2D eigenvalue weighted by molar-refractivity contribution is 5.78. The normalized spacial score (nSPS) is 24.1. The van der Waals surface area contributed by atoms with Crippen molar-refractivity contribution in [3.05, 3.63) is 11.3 Å². The minimum Gasteiger partial charge on any atom is -0.320 e. The Morgan fingerprint density at radius 2 is 2.14 bits per heavy atom. The summed E-state index contributed by atoms with van der Waals surface area (Å²) in [5, 5.41) is 0. The van der Waals surface area contributed by atoms with Crippen molar-refractivity contribution in [3.8, 4) is 0 Å². The third-order valence-corrected chi connectivity index (χ3v) is 3.25. The van der Waals surface area contributed by atoms with Gasteiger partial charge in [-0.2, -0.15) is 0 Å². The molecule has 0 aromatic heterocycles. The highest BCUT2D eigenvalue weighted by Gasteiger charge is 2.22.